The lowest BCUT2D eigenvalue weighted by Crippen LogP contribution is -2.30. The Hall–Kier alpha value is -1.36. The van der Waals surface area contributed by atoms with Gasteiger partial charge in [-0.15, -0.1) is 0 Å². The molecule has 0 spiro atoms. The summed E-state index contributed by atoms with van der Waals surface area (Å²) in [5, 5.41) is 3.31. The number of nitrogens with two attached hydrogens (primary N) is 1. The Labute approximate surface area is 115 Å². The first-order valence-corrected chi connectivity index (χ1v) is 7.12. The van der Waals surface area contributed by atoms with Gasteiger partial charge in [0, 0.05) is 32.2 Å². The zero-order chi connectivity index (χ0) is 13.8. The third kappa shape index (κ3) is 3.80. The number of aromatic nitrogens is 2. The maximum atomic E-state index is 5.63. The third-order valence-corrected chi connectivity index (χ3v) is 3.72. The highest BCUT2D eigenvalue weighted by Crippen LogP contribution is 2.28. The van der Waals surface area contributed by atoms with Crippen LogP contribution < -0.4 is 16.0 Å². The van der Waals surface area contributed by atoms with Crippen LogP contribution in [0.3, 0.4) is 0 Å². The van der Waals surface area contributed by atoms with Crippen LogP contribution in [-0.4, -0.2) is 36.1 Å². The fourth-order valence-electron chi connectivity index (χ4n) is 2.29. The molecule has 106 valence electrons. The van der Waals surface area contributed by atoms with E-state index in [1.54, 1.807) is 0 Å². The van der Waals surface area contributed by atoms with Gasteiger partial charge in [0.15, 0.2) is 0 Å². The summed E-state index contributed by atoms with van der Waals surface area (Å²) in [6, 6.07) is 2.23. The van der Waals surface area contributed by atoms with E-state index in [1.807, 2.05) is 13.0 Å². The van der Waals surface area contributed by atoms with Crippen molar-refractivity contribution in [2.45, 2.75) is 39.2 Å². The predicted molar refractivity (Wildman–Crippen MR) is 79.5 cm³/mol. The monoisotopic (exact) mass is 263 g/mol. The summed E-state index contributed by atoms with van der Waals surface area (Å²) in [5.74, 6) is 3.48. The van der Waals surface area contributed by atoms with Gasteiger partial charge in [0.2, 0.25) is 0 Å². The van der Waals surface area contributed by atoms with Gasteiger partial charge in [0.25, 0.3) is 0 Å². The molecule has 1 saturated carbocycles. The number of nitrogens with zero attached hydrogens (tertiary/aromatic N) is 3. The normalized spacial score (nSPS) is 16.8. The smallest absolute Gasteiger partial charge is 0.134 e. The first-order valence-electron chi connectivity index (χ1n) is 7.12. The van der Waals surface area contributed by atoms with Crippen molar-refractivity contribution in [2.24, 2.45) is 11.7 Å². The Bertz CT molecular complexity index is 416. The van der Waals surface area contributed by atoms with Crippen LogP contribution in [0.5, 0.6) is 0 Å². The average Bonchev–Trinajstić information content (AvgIpc) is 2.32. The van der Waals surface area contributed by atoms with Crippen molar-refractivity contribution >= 4 is 11.6 Å². The highest BCUT2D eigenvalue weighted by Gasteiger charge is 2.20. The Morgan fingerprint density at radius 3 is 2.79 bits per heavy atom. The van der Waals surface area contributed by atoms with Crippen molar-refractivity contribution in [3.63, 3.8) is 0 Å². The van der Waals surface area contributed by atoms with Crippen LogP contribution in [0.25, 0.3) is 0 Å². The number of rotatable bonds is 6. The van der Waals surface area contributed by atoms with Gasteiger partial charge >= 0.3 is 0 Å². The van der Waals surface area contributed by atoms with E-state index in [0.717, 1.165) is 29.9 Å². The molecule has 2 rings (SSSR count). The van der Waals surface area contributed by atoms with Gasteiger partial charge in [-0.1, -0.05) is 6.42 Å². The molecule has 0 aliphatic heterocycles. The van der Waals surface area contributed by atoms with Crippen LogP contribution >= 0.6 is 0 Å². The van der Waals surface area contributed by atoms with Crippen molar-refractivity contribution in [2.75, 3.05) is 30.4 Å². The quantitative estimate of drug-likeness (QED) is 0.819. The fourth-order valence-corrected chi connectivity index (χ4v) is 2.29. The summed E-state index contributed by atoms with van der Waals surface area (Å²) in [6.07, 6.45) is 4.08. The van der Waals surface area contributed by atoms with E-state index in [2.05, 4.69) is 34.2 Å². The second-order valence-corrected chi connectivity index (χ2v) is 5.62. The molecule has 1 fully saturated rings. The van der Waals surface area contributed by atoms with Crippen LogP contribution in [0, 0.1) is 12.8 Å². The molecule has 0 radical (unpaired) electrons. The largest absolute Gasteiger partial charge is 0.366 e. The maximum absolute atomic E-state index is 5.63. The summed E-state index contributed by atoms with van der Waals surface area (Å²) in [4.78, 5) is 11.2. The molecule has 0 saturated heterocycles. The molecule has 1 aliphatic rings. The topological polar surface area (TPSA) is 67.1 Å². The third-order valence-electron chi connectivity index (χ3n) is 3.72. The molecular weight excluding hydrogens is 238 g/mol. The van der Waals surface area contributed by atoms with Gasteiger partial charge < -0.3 is 16.0 Å². The van der Waals surface area contributed by atoms with Gasteiger partial charge in [0.05, 0.1) is 0 Å². The Balaban J connectivity index is 2.06. The minimum atomic E-state index is 0.221. The molecule has 1 aliphatic carbocycles. The van der Waals surface area contributed by atoms with Crippen molar-refractivity contribution in [3.05, 3.63) is 11.9 Å². The Morgan fingerprint density at radius 2 is 2.21 bits per heavy atom. The van der Waals surface area contributed by atoms with Crippen LogP contribution in [-0.2, 0) is 0 Å². The SMILES string of the molecule is Cc1nc(NC(C)CN)cc(N(C)CC2CCC2)n1. The first-order chi connectivity index (χ1) is 9.08. The minimum absolute atomic E-state index is 0.221. The van der Waals surface area contributed by atoms with Gasteiger partial charge in [-0.05, 0) is 32.6 Å². The van der Waals surface area contributed by atoms with Crippen LogP contribution in [0.2, 0.25) is 0 Å². The number of hydrogen-bond acceptors (Lipinski definition) is 5. The number of nitrogens with one attached hydrogen (secondary N) is 1. The van der Waals surface area contributed by atoms with Gasteiger partial charge in [-0.25, -0.2) is 9.97 Å². The van der Waals surface area contributed by atoms with E-state index in [4.69, 9.17) is 5.73 Å². The number of anilines is 2. The number of aryl methyl sites for hydroxylation is 1. The number of hydrogen-bond donors (Lipinski definition) is 2. The van der Waals surface area contributed by atoms with Gasteiger partial charge in [0.1, 0.15) is 17.5 Å². The summed E-state index contributed by atoms with van der Waals surface area (Å²) < 4.78 is 0. The second-order valence-electron chi connectivity index (χ2n) is 5.62. The fraction of sp³-hybridized carbons (Fsp3) is 0.714. The molecule has 1 unspecified atom stereocenters. The van der Waals surface area contributed by atoms with Crippen LogP contribution in [0.4, 0.5) is 11.6 Å². The predicted octanol–water partition coefficient (Wildman–Crippen LogP) is 1.78. The summed E-state index contributed by atoms with van der Waals surface area (Å²) >= 11 is 0. The maximum Gasteiger partial charge on any atom is 0.134 e. The van der Waals surface area contributed by atoms with Crippen LogP contribution in [0.15, 0.2) is 6.07 Å². The Morgan fingerprint density at radius 1 is 1.47 bits per heavy atom. The molecule has 5 heteroatoms. The van der Waals surface area contributed by atoms with Crippen molar-refractivity contribution in [1.82, 2.24) is 9.97 Å². The lowest BCUT2D eigenvalue weighted by Gasteiger charge is -2.31. The molecule has 3 N–H and O–H groups in total. The lowest BCUT2D eigenvalue weighted by molar-refractivity contribution is 0.321. The zero-order valence-corrected chi connectivity index (χ0v) is 12.2. The van der Waals surface area contributed by atoms with E-state index >= 15 is 0 Å². The van der Waals surface area contributed by atoms with Crippen molar-refractivity contribution in [1.29, 1.82) is 0 Å². The average molecular weight is 263 g/mol. The molecule has 5 nitrogen and oxygen atoms in total. The highest BCUT2D eigenvalue weighted by molar-refractivity contribution is 5.49. The minimum Gasteiger partial charge on any atom is -0.366 e. The summed E-state index contributed by atoms with van der Waals surface area (Å²) in [5.41, 5.74) is 5.63. The molecule has 1 heterocycles. The molecule has 0 aromatic carbocycles. The van der Waals surface area contributed by atoms with E-state index in [1.165, 1.54) is 19.3 Å². The van der Waals surface area contributed by atoms with E-state index in [-0.39, 0.29) is 6.04 Å². The van der Waals surface area contributed by atoms with Crippen molar-refractivity contribution in [3.8, 4) is 0 Å². The van der Waals surface area contributed by atoms with Gasteiger partial charge in [-0.3, -0.25) is 0 Å². The van der Waals surface area contributed by atoms with E-state index in [9.17, 15) is 0 Å². The Kier molecular flexibility index (Phi) is 4.58. The molecule has 19 heavy (non-hydrogen) atoms. The molecule has 1 atom stereocenters. The zero-order valence-electron chi connectivity index (χ0n) is 12.2. The van der Waals surface area contributed by atoms with Gasteiger partial charge in [-0.2, -0.15) is 0 Å². The second kappa shape index (κ2) is 6.19. The van der Waals surface area contributed by atoms with E-state index < -0.39 is 0 Å². The summed E-state index contributed by atoms with van der Waals surface area (Å²) in [6.45, 7) is 5.66. The molecule has 1 aromatic rings. The standard InChI is InChI=1S/C14H25N5/c1-10(8-15)16-13-7-14(18-11(2)17-13)19(3)9-12-5-4-6-12/h7,10,12H,4-6,8-9,15H2,1-3H3,(H,16,17,18). The molecule has 0 bridgehead atoms. The molecule has 0 amide bonds. The first kappa shape index (κ1) is 14.1. The van der Waals surface area contributed by atoms with E-state index in [0.29, 0.717) is 6.54 Å². The molecular formula is C14H25N5. The lowest BCUT2D eigenvalue weighted by atomic mass is 9.85. The highest BCUT2D eigenvalue weighted by atomic mass is 15.2. The van der Waals surface area contributed by atoms with Crippen molar-refractivity contribution < 1.29 is 0 Å². The molecule has 1 aromatic heterocycles. The summed E-state index contributed by atoms with van der Waals surface area (Å²) in [7, 11) is 2.11. The van der Waals surface area contributed by atoms with Crippen LogP contribution in [0.1, 0.15) is 32.0 Å².